The second-order valence-electron chi connectivity index (χ2n) is 6.85. The van der Waals surface area contributed by atoms with Gasteiger partial charge in [0.2, 0.25) is 0 Å². The first-order valence-corrected chi connectivity index (χ1v) is 10.2. The topological polar surface area (TPSA) is 68.5 Å². The normalized spacial score (nSPS) is 11.3. The van der Waals surface area contributed by atoms with E-state index in [1.807, 2.05) is 35.2 Å². The van der Waals surface area contributed by atoms with Gasteiger partial charge in [-0.2, -0.15) is 0 Å². The Balaban J connectivity index is 1.61. The smallest absolute Gasteiger partial charge is 0.338 e. The summed E-state index contributed by atoms with van der Waals surface area (Å²) in [5, 5.41) is 12.2. The number of fused-ring (bicyclic) bond motifs is 1. The van der Waals surface area contributed by atoms with Crippen LogP contribution in [-0.4, -0.2) is 21.4 Å². The van der Waals surface area contributed by atoms with E-state index in [1.165, 1.54) is 0 Å². The van der Waals surface area contributed by atoms with Crippen molar-refractivity contribution < 1.29 is 19.4 Å². The van der Waals surface area contributed by atoms with Crippen molar-refractivity contribution in [3.63, 3.8) is 0 Å². The number of ketones is 1. The summed E-state index contributed by atoms with van der Waals surface area (Å²) >= 11 is 1.56. The molecule has 2 aromatic carbocycles. The zero-order chi connectivity index (χ0) is 21.3. The van der Waals surface area contributed by atoms with E-state index in [0.717, 1.165) is 10.4 Å². The molecule has 2 heterocycles. The number of hydrogen-bond donors (Lipinski definition) is 1. The zero-order valence-electron chi connectivity index (χ0n) is 16.5. The molecule has 30 heavy (non-hydrogen) atoms. The number of rotatable bonds is 6. The number of aromatic carboxylic acids is 1. The minimum absolute atomic E-state index is 0.115. The van der Waals surface area contributed by atoms with Crippen LogP contribution in [0.1, 0.15) is 31.3 Å². The highest BCUT2D eigenvalue weighted by molar-refractivity contribution is 7.10. The molecule has 0 aliphatic carbocycles. The summed E-state index contributed by atoms with van der Waals surface area (Å²) in [6.45, 7) is 1.78. The molecule has 0 radical (unpaired) electrons. The second-order valence-corrected chi connectivity index (χ2v) is 7.83. The van der Waals surface area contributed by atoms with E-state index in [4.69, 9.17) is 4.74 Å². The molecule has 150 valence electrons. The van der Waals surface area contributed by atoms with Crippen LogP contribution in [0.25, 0.3) is 17.0 Å². The predicted octanol–water partition coefficient (Wildman–Crippen LogP) is 5.93. The molecule has 0 saturated heterocycles. The Morgan fingerprint density at radius 3 is 2.60 bits per heavy atom. The van der Waals surface area contributed by atoms with Crippen LogP contribution >= 0.6 is 11.3 Å². The molecule has 0 fully saturated rings. The van der Waals surface area contributed by atoms with Crippen LogP contribution < -0.4 is 4.74 Å². The summed E-state index contributed by atoms with van der Waals surface area (Å²) in [4.78, 5) is 25.2. The van der Waals surface area contributed by atoms with Crippen LogP contribution in [-0.2, 0) is 7.05 Å². The van der Waals surface area contributed by atoms with Crippen molar-refractivity contribution in [1.82, 2.24) is 4.57 Å². The number of ether oxygens (including phenoxy) is 1. The lowest BCUT2D eigenvalue weighted by Crippen LogP contribution is -1.99. The van der Waals surface area contributed by atoms with E-state index >= 15 is 0 Å². The van der Waals surface area contributed by atoms with Gasteiger partial charge in [-0.3, -0.25) is 4.79 Å². The van der Waals surface area contributed by atoms with Crippen LogP contribution in [0, 0.1) is 6.92 Å². The highest BCUT2D eigenvalue weighted by Gasteiger charge is 2.18. The Kier molecular flexibility index (Phi) is 5.25. The van der Waals surface area contributed by atoms with Crippen LogP contribution in [0.15, 0.2) is 66.1 Å². The van der Waals surface area contributed by atoms with Gasteiger partial charge in [-0.15, -0.1) is 11.3 Å². The highest BCUT2D eigenvalue weighted by atomic mass is 32.1. The van der Waals surface area contributed by atoms with Gasteiger partial charge in [0.15, 0.2) is 5.78 Å². The molecular weight excluding hydrogens is 398 g/mol. The largest absolute Gasteiger partial charge is 0.478 e. The van der Waals surface area contributed by atoms with Crippen LogP contribution in [0.5, 0.6) is 11.5 Å². The standard InChI is InChI=1S/C24H19NO4S/c1-15-23(24(27)28)20-14-18(8-10-21(20)25(15)2)29-17-6-3-5-16(13-17)22(26)11-9-19-7-4-12-30-19/h3-14H,1-2H3,(H,27,28). The van der Waals surface area contributed by atoms with E-state index in [0.29, 0.717) is 28.1 Å². The third kappa shape index (κ3) is 3.77. The minimum atomic E-state index is -0.972. The fraction of sp³-hybridized carbons (Fsp3) is 0.0833. The highest BCUT2D eigenvalue weighted by Crippen LogP contribution is 2.31. The molecule has 2 aromatic heterocycles. The summed E-state index contributed by atoms with van der Waals surface area (Å²) in [6.07, 6.45) is 3.34. The first kappa shape index (κ1) is 19.7. The van der Waals surface area contributed by atoms with Gasteiger partial charge in [-0.1, -0.05) is 18.2 Å². The number of aryl methyl sites for hydroxylation is 1. The van der Waals surface area contributed by atoms with Crippen LogP contribution in [0.3, 0.4) is 0 Å². The molecule has 1 N–H and O–H groups in total. The molecule has 6 heteroatoms. The van der Waals surface area contributed by atoms with Crippen molar-refractivity contribution >= 4 is 40.1 Å². The van der Waals surface area contributed by atoms with Gasteiger partial charge in [0.25, 0.3) is 0 Å². The number of aromatic nitrogens is 1. The van der Waals surface area contributed by atoms with E-state index in [2.05, 4.69) is 0 Å². The molecule has 0 atom stereocenters. The lowest BCUT2D eigenvalue weighted by Gasteiger charge is -2.07. The molecule has 0 aliphatic heterocycles. The molecule has 0 bridgehead atoms. The summed E-state index contributed by atoms with van der Waals surface area (Å²) in [7, 11) is 1.84. The maximum Gasteiger partial charge on any atom is 0.338 e. The maximum atomic E-state index is 12.5. The lowest BCUT2D eigenvalue weighted by atomic mass is 10.1. The number of carboxylic acid groups (broad SMARTS) is 1. The second kappa shape index (κ2) is 8.00. The molecule has 0 unspecified atom stereocenters. The molecular formula is C24H19NO4S. The third-order valence-electron chi connectivity index (χ3n) is 4.97. The Morgan fingerprint density at radius 2 is 1.87 bits per heavy atom. The molecule has 4 rings (SSSR count). The Morgan fingerprint density at radius 1 is 1.07 bits per heavy atom. The fourth-order valence-corrected chi connectivity index (χ4v) is 3.99. The van der Waals surface area contributed by atoms with Gasteiger partial charge in [-0.05, 0) is 60.9 Å². The summed E-state index contributed by atoms with van der Waals surface area (Å²) in [5.74, 6) is -0.0694. The van der Waals surface area contributed by atoms with E-state index < -0.39 is 5.97 Å². The monoisotopic (exact) mass is 417 g/mol. The van der Waals surface area contributed by atoms with Crippen LogP contribution in [0.4, 0.5) is 0 Å². The number of carbonyl (C=O) groups excluding carboxylic acids is 1. The first-order chi connectivity index (χ1) is 14.4. The molecule has 0 saturated carbocycles. The van der Waals surface area contributed by atoms with Gasteiger partial charge in [0.1, 0.15) is 11.5 Å². The average Bonchev–Trinajstić information content (AvgIpc) is 3.33. The summed E-state index contributed by atoms with van der Waals surface area (Å²) < 4.78 is 7.78. The zero-order valence-corrected chi connectivity index (χ0v) is 17.3. The van der Waals surface area contributed by atoms with Crippen molar-refractivity contribution in [3.05, 3.63) is 87.8 Å². The molecule has 0 spiro atoms. The Bertz CT molecular complexity index is 1280. The van der Waals surface area contributed by atoms with Gasteiger partial charge < -0.3 is 14.4 Å². The first-order valence-electron chi connectivity index (χ1n) is 9.30. The van der Waals surface area contributed by atoms with Crippen molar-refractivity contribution in [3.8, 4) is 11.5 Å². The quantitative estimate of drug-likeness (QED) is 0.312. The van der Waals surface area contributed by atoms with Gasteiger partial charge >= 0.3 is 5.97 Å². The van der Waals surface area contributed by atoms with E-state index in [-0.39, 0.29) is 11.3 Å². The SMILES string of the molecule is Cc1c(C(=O)O)c2cc(Oc3cccc(C(=O)C=Cc4cccs4)c3)ccc2n1C. The maximum absolute atomic E-state index is 12.5. The van der Waals surface area contributed by atoms with E-state index in [1.54, 1.807) is 66.8 Å². The molecule has 4 aromatic rings. The number of carboxylic acids is 1. The average molecular weight is 417 g/mol. The minimum Gasteiger partial charge on any atom is -0.478 e. The number of hydrogen-bond acceptors (Lipinski definition) is 4. The molecule has 5 nitrogen and oxygen atoms in total. The Labute approximate surface area is 177 Å². The van der Waals surface area contributed by atoms with Gasteiger partial charge in [0, 0.05) is 34.1 Å². The van der Waals surface area contributed by atoms with Crippen LogP contribution in [0.2, 0.25) is 0 Å². The van der Waals surface area contributed by atoms with Gasteiger partial charge in [-0.25, -0.2) is 4.79 Å². The van der Waals surface area contributed by atoms with Crippen molar-refractivity contribution in [2.75, 3.05) is 0 Å². The number of nitrogens with zero attached hydrogens (tertiary/aromatic N) is 1. The van der Waals surface area contributed by atoms with Crippen molar-refractivity contribution in [2.24, 2.45) is 7.05 Å². The van der Waals surface area contributed by atoms with Crippen molar-refractivity contribution in [1.29, 1.82) is 0 Å². The number of allylic oxidation sites excluding steroid dienone is 1. The lowest BCUT2D eigenvalue weighted by molar-refractivity contribution is 0.0697. The predicted molar refractivity (Wildman–Crippen MR) is 119 cm³/mol. The fourth-order valence-electron chi connectivity index (χ4n) is 3.37. The third-order valence-corrected chi connectivity index (χ3v) is 5.81. The molecule has 0 aliphatic rings. The van der Waals surface area contributed by atoms with Crippen molar-refractivity contribution in [2.45, 2.75) is 6.92 Å². The number of benzene rings is 2. The summed E-state index contributed by atoms with van der Waals surface area (Å²) in [5.41, 5.74) is 2.28. The summed E-state index contributed by atoms with van der Waals surface area (Å²) in [6, 6.07) is 16.2. The number of thiophene rings is 1. The number of carbonyl (C=O) groups is 2. The Hall–Kier alpha value is -3.64. The van der Waals surface area contributed by atoms with Gasteiger partial charge in [0.05, 0.1) is 5.56 Å². The van der Waals surface area contributed by atoms with E-state index in [9.17, 15) is 14.7 Å². The molecule has 0 amide bonds.